The Labute approximate surface area is 185 Å². The van der Waals surface area contributed by atoms with E-state index >= 15 is 0 Å². The van der Waals surface area contributed by atoms with Gasteiger partial charge in [-0.15, -0.1) is 0 Å². The molecule has 0 radical (unpaired) electrons. The standard InChI is InChI=1S/C23H23N7O2/c1-14-8-9-24-20(10-14)28-21-11-19(17(12-25-21)15(2)31)27-18-7-5-6-16(22(18)32-4)23-26-13-30(3)29-23/h5-13H,1-4H3,(H2,24,25,27,28). The van der Waals surface area contributed by atoms with Crippen LogP contribution in [0.5, 0.6) is 5.75 Å². The lowest BCUT2D eigenvalue weighted by Crippen LogP contribution is -2.05. The fraction of sp³-hybridized carbons (Fsp3) is 0.174. The van der Waals surface area contributed by atoms with Gasteiger partial charge in [0.25, 0.3) is 0 Å². The van der Waals surface area contributed by atoms with Crippen LogP contribution < -0.4 is 15.4 Å². The predicted molar refractivity (Wildman–Crippen MR) is 123 cm³/mol. The van der Waals surface area contributed by atoms with E-state index in [0.29, 0.717) is 40.1 Å². The molecule has 0 aliphatic carbocycles. The van der Waals surface area contributed by atoms with Gasteiger partial charge in [-0.05, 0) is 43.7 Å². The van der Waals surface area contributed by atoms with Crippen molar-refractivity contribution in [3.05, 3.63) is 66.2 Å². The van der Waals surface area contributed by atoms with Crippen LogP contribution in [0.25, 0.3) is 11.4 Å². The lowest BCUT2D eigenvalue weighted by Gasteiger charge is -2.16. The zero-order valence-electron chi connectivity index (χ0n) is 18.2. The number of Topliss-reactive ketones (excluding diaryl/α,β-unsaturated/α-hetero) is 1. The number of para-hydroxylation sites is 1. The van der Waals surface area contributed by atoms with Crippen molar-refractivity contribution in [3.8, 4) is 17.1 Å². The highest BCUT2D eigenvalue weighted by Crippen LogP contribution is 2.37. The number of carbonyl (C=O) groups excluding carboxylic acids is 1. The minimum atomic E-state index is -0.109. The molecular weight excluding hydrogens is 406 g/mol. The molecule has 32 heavy (non-hydrogen) atoms. The number of hydrogen-bond donors (Lipinski definition) is 2. The van der Waals surface area contributed by atoms with E-state index in [4.69, 9.17) is 4.74 Å². The first-order valence-corrected chi connectivity index (χ1v) is 9.95. The van der Waals surface area contributed by atoms with Gasteiger partial charge in [0.15, 0.2) is 17.4 Å². The smallest absolute Gasteiger partial charge is 0.184 e. The number of carbonyl (C=O) groups is 1. The van der Waals surface area contributed by atoms with Crippen molar-refractivity contribution in [1.29, 1.82) is 0 Å². The molecule has 4 rings (SSSR count). The van der Waals surface area contributed by atoms with Crippen LogP contribution in [0.3, 0.4) is 0 Å². The average molecular weight is 429 g/mol. The Bertz CT molecular complexity index is 1280. The Morgan fingerprint density at radius 1 is 1.03 bits per heavy atom. The highest BCUT2D eigenvalue weighted by Gasteiger charge is 2.17. The summed E-state index contributed by atoms with van der Waals surface area (Å²) in [5.41, 5.74) is 3.53. The van der Waals surface area contributed by atoms with E-state index < -0.39 is 0 Å². The van der Waals surface area contributed by atoms with Crippen molar-refractivity contribution in [2.24, 2.45) is 7.05 Å². The van der Waals surface area contributed by atoms with Crippen molar-refractivity contribution in [2.75, 3.05) is 17.7 Å². The third-order valence-corrected chi connectivity index (χ3v) is 4.78. The molecule has 0 atom stereocenters. The lowest BCUT2D eigenvalue weighted by molar-refractivity contribution is 0.101. The molecule has 3 aromatic heterocycles. The van der Waals surface area contributed by atoms with Crippen LogP contribution in [0.2, 0.25) is 0 Å². The Kier molecular flexibility index (Phi) is 5.80. The molecule has 0 aliphatic heterocycles. The molecule has 0 unspecified atom stereocenters. The first kappa shape index (κ1) is 21.0. The first-order valence-electron chi connectivity index (χ1n) is 9.95. The van der Waals surface area contributed by atoms with E-state index in [0.717, 1.165) is 11.1 Å². The van der Waals surface area contributed by atoms with Gasteiger partial charge in [0.2, 0.25) is 0 Å². The summed E-state index contributed by atoms with van der Waals surface area (Å²) in [7, 11) is 3.39. The molecule has 162 valence electrons. The van der Waals surface area contributed by atoms with Crippen LogP contribution in [0.1, 0.15) is 22.8 Å². The molecule has 9 heteroatoms. The summed E-state index contributed by atoms with van der Waals surface area (Å²) in [6.07, 6.45) is 4.89. The lowest BCUT2D eigenvalue weighted by atomic mass is 10.1. The fourth-order valence-corrected chi connectivity index (χ4v) is 3.28. The number of aryl methyl sites for hydroxylation is 2. The summed E-state index contributed by atoms with van der Waals surface area (Å²) in [5.74, 6) is 2.22. The maximum atomic E-state index is 12.2. The molecule has 0 spiro atoms. The molecule has 0 saturated carbocycles. The van der Waals surface area contributed by atoms with Crippen molar-refractivity contribution in [3.63, 3.8) is 0 Å². The normalized spacial score (nSPS) is 10.6. The molecule has 0 bridgehead atoms. The van der Waals surface area contributed by atoms with Gasteiger partial charge in [0, 0.05) is 25.5 Å². The van der Waals surface area contributed by atoms with Gasteiger partial charge < -0.3 is 15.4 Å². The number of nitrogens with one attached hydrogen (secondary N) is 2. The minimum Gasteiger partial charge on any atom is -0.494 e. The minimum absolute atomic E-state index is 0.109. The summed E-state index contributed by atoms with van der Waals surface area (Å²) in [6.45, 7) is 3.49. The van der Waals surface area contributed by atoms with Gasteiger partial charge in [-0.25, -0.2) is 15.0 Å². The van der Waals surface area contributed by atoms with Crippen LogP contribution in [0, 0.1) is 6.92 Å². The molecule has 3 heterocycles. The number of nitrogens with zero attached hydrogens (tertiary/aromatic N) is 5. The largest absolute Gasteiger partial charge is 0.494 e. The van der Waals surface area contributed by atoms with Crippen molar-refractivity contribution in [1.82, 2.24) is 24.7 Å². The number of pyridine rings is 2. The van der Waals surface area contributed by atoms with E-state index in [1.54, 1.807) is 43.6 Å². The SMILES string of the molecule is COc1c(Nc2cc(Nc3cc(C)ccn3)ncc2C(C)=O)cccc1-c1ncn(C)n1. The van der Waals surface area contributed by atoms with E-state index in [1.807, 2.05) is 37.3 Å². The third kappa shape index (κ3) is 4.41. The average Bonchev–Trinajstić information content (AvgIpc) is 3.19. The van der Waals surface area contributed by atoms with Gasteiger partial charge in [0.05, 0.1) is 29.6 Å². The van der Waals surface area contributed by atoms with Crippen molar-refractivity contribution >= 4 is 28.8 Å². The second-order valence-electron chi connectivity index (χ2n) is 7.27. The highest BCUT2D eigenvalue weighted by molar-refractivity contribution is 6.00. The molecule has 9 nitrogen and oxygen atoms in total. The number of aromatic nitrogens is 5. The maximum Gasteiger partial charge on any atom is 0.184 e. The second-order valence-corrected chi connectivity index (χ2v) is 7.27. The Morgan fingerprint density at radius 3 is 2.53 bits per heavy atom. The summed E-state index contributed by atoms with van der Waals surface area (Å²) < 4.78 is 7.30. The quantitative estimate of drug-likeness (QED) is 0.419. The van der Waals surface area contributed by atoms with Crippen molar-refractivity contribution in [2.45, 2.75) is 13.8 Å². The second kappa shape index (κ2) is 8.84. The Hall–Kier alpha value is -4.27. The predicted octanol–water partition coefficient (Wildman–Crippen LogP) is 4.28. The molecule has 0 aliphatic rings. The molecule has 0 fully saturated rings. The van der Waals surface area contributed by atoms with Crippen molar-refractivity contribution < 1.29 is 9.53 Å². The highest BCUT2D eigenvalue weighted by atomic mass is 16.5. The topological polar surface area (TPSA) is 107 Å². The van der Waals surface area contributed by atoms with E-state index in [1.165, 1.54) is 6.92 Å². The maximum absolute atomic E-state index is 12.2. The van der Waals surface area contributed by atoms with Gasteiger partial charge in [0.1, 0.15) is 18.0 Å². The summed E-state index contributed by atoms with van der Waals surface area (Å²) in [5, 5.41) is 10.9. The number of methoxy groups -OCH3 is 1. The third-order valence-electron chi connectivity index (χ3n) is 4.78. The summed E-state index contributed by atoms with van der Waals surface area (Å²) in [4.78, 5) is 25.2. The number of benzene rings is 1. The zero-order valence-corrected chi connectivity index (χ0v) is 18.2. The molecule has 1 aromatic carbocycles. The fourth-order valence-electron chi connectivity index (χ4n) is 3.28. The number of hydrogen-bond acceptors (Lipinski definition) is 8. The molecule has 0 amide bonds. The molecular formula is C23H23N7O2. The van der Waals surface area contributed by atoms with E-state index in [9.17, 15) is 4.79 Å². The number of ether oxygens (including phenoxy) is 1. The molecule has 0 saturated heterocycles. The monoisotopic (exact) mass is 429 g/mol. The van der Waals surface area contributed by atoms with Crippen LogP contribution in [-0.4, -0.2) is 37.6 Å². The summed E-state index contributed by atoms with van der Waals surface area (Å²) >= 11 is 0. The van der Waals surface area contributed by atoms with Crippen LogP contribution >= 0.6 is 0 Å². The number of ketones is 1. The molecule has 2 N–H and O–H groups in total. The summed E-state index contributed by atoms with van der Waals surface area (Å²) in [6, 6.07) is 11.2. The number of rotatable bonds is 7. The zero-order chi connectivity index (χ0) is 22.7. The van der Waals surface area contributed by atoms with Gasteiger partial charge in [-0.2, -0.15) is 5.10 Å². The Morgan fingerprint density at radius 2 is 1.84 bits per heavy atom. The van der Waals surface area contributed by atoms with Gasteiger partial charge in [-0.1, -0.05) is 6.07 Å². The first-order chi connectivity index (χ1) is 15.4. The Balaban J connectivity index is 1.72. The van der Waals surface area contributed by atoms with Gasteiger partial charge >= 0.3 is 0 Å². The van der Waals surface area contributed by atoms with E-state index in [2.05, 4.69) is 30.7 Å². The van der Waals surface area contributed by atoms with Crippen LogP contribution in [0.4, 0.5) is 23.0 Å². The van der Waals surface area contributed by atoms with Crippen LogP contribution in [-0.2, 0) is 7.05 Å². The van der Waals surface area contributed by atoms with Gasteiger partial charge in [-0.3, -0.25) is 9.48 Å². The van der Waals surface area contributed by atoms with Crippen LogP contribution in [0.15, 0.2) is 55.1 Å². The molecule has 4 aromatic rings. The van der Waals surface area contributed by atoms with E-state index in [-0.39, 0.29) is 5.78 Å². The number of anilines is 4.